The van der Waals surface area contributed by atoms with Gasteiger partial charge in [0.05, 0.1) is 25.4 Å². The molecular formula is C62H119NO5. The molecule has 0 heterocycles. The molecule has 0 aliphatic heterocycles. The Hall–Kier alpha value is -1.66. The van der Waals surface area contributed by atoms with Crippen molar-refractivity contribution in [3.05, 3.63) is 24.3 Å². The third kappa shape index (κ3) is 53.7. The van der Waals surface area contributed by atoms with Crippen LogP contribution in [0.2, 0.25) is 0 Å². The molecule has 6 heteroatoms. The Morgan fingerprint density at radius 3 is 1.04 bits per heavy atom. The zero-order valence-corrected chi connectivity index (χ0v) is 45.9. The molecule has 6 nitrogen and oxygen atoms in total. The van der Waals surface area contributed by atoms with Crippen LogP contribution in [0.4, 0.5) is 0 Å². The van der Waals surface area contributed by atoms with Gasteiger partial charge < -0.3 is 20.3 Å². The highest BCUT2D eigenvalue weighted by Gasteiger charge is 2.20. The first-order valence-corrected chi connectivity index (χ1v) is 30.6. The van der Waals surface area contributed by atoms with E-state index in [9.17, 15) is 19.8 Å². The minimum atomic E-state index is -0.669. The summed E-state index contributed by atoms with van der Waals surface area (Å²) in [6.07, 6.45) is 70.3. The lowest BCUT2D eigenvalue weighted by Gasteiger charge is -2.22. The average molecular weight is 959 g/mol. The first kappa shape index (κ1) is 66.3. The van der Waals surface area contributed by atoms with Crippen LogP contribution in [-0.2, 0) is 14.3 Å². The van der Waals surface area contributed by atoms with Crippen LogP contribution in [0.15, 0.2) is 24.3 Å². The Morgan fingerprint density at radius 2 is 0.691 bits per heavy atom. The summed E-state index contributed by atoms with van der Waals surface area (Å²) in [6, 6.07) is -0.548. The zero-order chi connectivity index (χ0) is 49.3. The first-order valence-electron chi connectivity index (χ1n) is 30.6. The molecule has 0 bridgehead atoms. The van der Waals surface area contributed by atoms with Gasteiger partial charge in [-0.3, -0.25) is 9.59 Å². The molecule has 0 spiro atoms. The predicted molar refractivity (Wildman–Crippen MR) is 296 cm³/mol. The van der Waals surface area contributed by atoms with Gasteiger partial charge in [-0.15, -0.1) is 0 Å². The fraction of sp³-hybridized carbons (Fsp3) is 0.903. The highest BCUT2D eigenvalue weighted by atomic mass is 16.5. The highest BCUT2D eigenvalue weighted by Crippen LogP contribution is 2.17. The zero-order valence-electron chi connectivity index (χ0n) is 45.9. The molecule has 1 amide bonds. The maximum Gasteiger partial charge on any atom is 0.305 e. The maximum absolute atomic E-state index is 12.5. The van der Waals surface area contributed by atoms with Gasteiger partial charge in [0.1, 0.15) is 0 Å². The Labute approximate surface area is 424 Å². The summed E-state index contributed by atoms with van der Waals surface area (Å²) in [5, 5.41) is 23.3. The van der Waals surface area contributed by atoms with Crippen LogP contribution in [0.25, 0.3) is 0 Å². The molecule has 68 heavy (non-hydrogen) atoms. The van der Waals surface area contributed by atoms with E-state index >= 15 is 0 Å². The molecule has 0 rings (SSSR count). The van der Waals surface area contributed by atoms with E-state index in [1.165, 1.54) is 257 Å². The van der Waals surface area contributed by atoms with Crippen LogP contribution < -0.4 is 5.32 Å². The van der Waals surface area contributed by atoms with E-state index in [4.69, 9.17) is 4.74 Å². The Bertz CT molecular complexity index is 1060. The van der Waals surface area contributed by atoms with E-state index in [1.807, 2.05) is 0 Å². The number of aliphatic hydroxyl groups is 2. The van der Waals surface area contributed by atoms with Gasteiger partial charge in [-0.05, 0) is 77.0 Å². The lowest BCUT2D eigenvalue weighted by Crippen LogP contribution is -2.45. The topological polar surface area (TPSA) is 95.9 Å². The summed E-state index contributed by atoms with van der Waals surface area (Å²) in [5.41, 5.74) is 0. The predicted octanol–water partition coefficient (Wildman–Crippen LogP) is 19.0. The second-order valence-electron chi connectivity index (χ2n) is 21.0. The molecule has 0 aromatic rings. The molecule has 0 aliphatic rings. The quantitative estimate of drug-likeness (QED) is 0.0321. The lowest BCUT2D eigenvalue weighted by atomic mass is 10.0. The molecule has 0 aromatic carbocycles. The number of carbonyl (C=O) groups is 2. The number of allylic oxidation sites excluding steroid dienone is 4. The molecule has 0 aromatic heterocycles. The summed E-state index contributed by atoms with van der Waals surface area (Å²) < 4.78 is 5.48. The number of rotatable bonds is 57. The number of hydrogen-bond donors (Lipinski definition) is 3. The van der Waals surface area contributed by atoms with E-state index in [-0.39, 0.29) is 18.5 Å². The monoisotopic (exact) mass is 958 g/mol. The van der Waals surface area contributed by atoms with Crippen molar-refractivity contribution in [2.45, 2.75) is 347 Å². The van der Waals surface area contributed by atoms with E-state index in [1.54, 1.807) is 0 Å². The Kier molecular flexibility index (Phi) is 56.5. The van der Waals surface area contributed by atoms with Crippen molar-refractivity contribution in [2.75, 3.05) is 13.2 Å². The normalized spacial score (nSPS) is 12.7. The average Bonchev–Trinajstić information content (AvgIpc) is 3.34. The van der Waals surface area contributed by atoms with Crippen molar-refractivity contribution < 1.29 is 24.5 Å². The fourth-order valence-corrected chi connectivity index (χ4v) is 9.51. The minimum absolute atomic E-state index is 0.000762. The highest BCUT2D eigenvalue weighted by molar-refractivity contribution is 5.76. The van der Waals surface area contributed by atoms with Crippen LogP contribution in [0, 0.1) is 0 Å². The summed E-state index contributed by atoms with van der Waals surface area (Å²) in [7, 11) is 0. The number of aliphatic hydroxyl groups excluding tert-OH is 2. The largest absolute Gasteiger partial charge is 0.466 e. The van der Waals surface area contributed by atoms with Gasteiger partial charge in [-0.2, -0.15) is 0 Å². The van der Waals surface area contributed by atoms with Gasteiger partial charge in [0.15, 0.2) is 0 Å². The van der Waals surface area contributed by atoms with E-state index in [0.717, 1.165) is 44.9 Å². The van der Waals surface area contributed by atoms with E-state index in [2.05, 4.69) is 43.5 Å². The van der Waals surface area contributed by atoms with Crippen molar-refractivity contribution >= 4 is 11.9 Å². The third-order valence-corrected chi connectivity index (χ3v) is 14.2. The lowest BCUT2D eigenvalue weighted by molar-refractivity contribution is -0.143. The number of amides is 1. The second kappa shape index (κ2) is 57.9. The van der Waals surface area contributed by atoms with Crippen molar-refractivity contribution in [1.29, 1.82) is 0 Å². The molecular weight excluding hydrogens is 839 g/mol. The summed E-state index contributed by atoms with van der Waals surface area (Å²) in [6.45, 7) is 4.95. The summed E-state index contributed by atoms with van der Waals surface area (Å²) in [5.74, 6) is -0.0429. The Balaban J connectivity index is 3.42. The number of hydrogen-bond acceptors (Lipinski definition) is 5. The van der Waals surface area contributed by atoms with Gasteiger partial charge >= 0.3 is 5.97 Å². The first-order chi connectivity index (χ1) is 33.5. The fourth-order valence-electron chi connectivity index (χ4n) is 9.51. The molecule has 2 unspecified atom stereocenters. The molecule has 0 fully saturated rings. The van der Waals surface area contributed by atoms with E-state index < -0.39 is 12.1 Å². The van der Waals surface area contributed by atoms with E-state index in [0.29, 0.717) is 25.9 Å². The van der Waals surface area contributed by atoms with Gasteiger partial charge in [0.25, 0.3) is 0 Å². The molecule has 0 saturated carbocycles. The van der Waals surface area contributed by atoms with Crippen LogP contribution in [-0.4, -0.2) is 47.4 Å². The van der Waals surface area contributed by atoms with Gasteiger partial charge in [-0.1, -0.05) is 269 Å². The molecule has 2 atom stereocenters. The van der Waals surface area contributed by atoms with Crippen LogP contribution in [0.1, 0.15) is 335 Å². The standard InChI is InChI=1S/C62H119NO5/c1-3-5-7-9-11-13-15-17-19-28-32-36-40-44-48-52-56-62(67)68-57-53-49-45-41-37-33-29-25-23-21-20-22-24-27-31-35-39-43-47-51-55-61(66)63-59(58-64)60(65)54-50-46-42-38-34-30-26-18-16-14-12-10-8-6-4-2/h19-20,22,28,59-60,64-65H,3-18,21,23-27,29-58H2,1-2H3,(H,63,66)/b22-20-,28-19-. The Morgan fingerprint density at radius 1 is 0.397 bits per heavy atom. The number of nitrogens with one attached hydrogen (secondary N) is 1. The van der Waals surface area contributed by atoms with Gasteiger partial charge in [0.2, 0.25) is 5.91 Å². The van der Waals surface area contributed by atoms with Crippen LogP contribution in [0.3, 0.4) is 0 Å². The number of unbranched alkanes of at least 4 members (excludes halogenated alkanes) is 42. The minimum Gasteiger partial charge on any atom is -0.466 e. The number of ether oxygens (including phenoxy) is 1. The van der Waals surface area contributed by atoms with Crippen LogP contribution in [0.5, 0.6) is 0 Å². The third-order valence-electron chi connectivity index (χ3n) is 14.2. The number of esters is 1. The second-order valence-corrected chi connectivity index (χ2v) is 21.0. The maximum atomic E-state index is 12.5. The summed E-state index contributed by atoms with van der Waals surface area (Å²) in [4.78, 5) is 24.5. The number of carbonyl (C=O) groups excluding carboxylic acids is 2. The van der Waals surface area contributed by atoms with Crippen molar-refractivity contribution in [2.24, 2.45) is 0 Å². The van der Waals surface area contributed by atoms with Gasteiger partial charge in [0, 0.05) is 12.8 Å². The van der Waals surface area contributed by atoms with Crippen molar-refractivity contribution in [3.8, 4) is 0 Å². The van der Waals surface area contributed by atoms with Gasteiger partial charge in [-0.25, -0.2) is 0 Å². The summed E-state index contributed by atoms with van der Waals surface area (Å²) >= 11 is 0. The van der Waals surface area contributed by atoms with Crippen molar-refractivity contribution in [1.82, 2.24) is 5.32 Å². The SMILES string of the molecule is CCCCCCCCC/C=C\CCCCCCCC(=O)OCCCCCCCCCCC/C=C\CCCCCCCCCC(=O)NC(CO)C(O)CCCCCCCCCCCCCCCCC. The molecule has 0 radical (unpaired) electrons. The molecule has 3 N–H and O–H groups in total. The molecule has 0 saturated heterocycles. The molecule has 402 valence electrons. The van der Waals surface area contributed by atoms with Crippen molar-refractivity contribution in [3.63, 3.8) is 0 Å². The smallest absolute Gasteiger partial charge is 0.305 e. The molecule has 0 aliphatic carbocycles. The van der Waals surface area contributed by atoms with Crippen LogP contribution >= 0.6 is 0 Å².